The van der Waals surface area contributed by atoms with Gasteiger partial charge in [-0.05, 0) is 251 Å². The van der Waals surface area contributed by atoms with E-state index in [1.165, 1.54) is 77.3 Å². The molecule has 10 rings (SSSR count). The van der Waals surface area contributed by atoms with E-state index in [1.54, 1.807) is 45.0 Å². The van der Waals surface area contributed by atoms with Gasteiger partial charge in [-0.2, -0.15) is 21.6 Å². The van der Waals surface area contributed by atoms with Gasteiger partial charge in [0.2, 0.25) is 0 Å². The monoisotopic (exact) mass is 1610 g/mol. The molecule has 4 bridgehead atoms. The van der Waals surface area contributed by atoms with Gasteiger partial charge in [0.25, 0.3) is 16.0 Å². The Hall–Kier alpha value is -5.82. The predicted molar refractivity (Wildman–Crippen MR) is 464 cm³/mol. The predicted octanol–water partition coefficient (Wildman–Crippen LogP) is 28.4. The van der Waals surface area contributed by atoms with Crippen molar-refractivity contribution in [2.24, 2.45) is 45.8 Å². The third-order valence-corrected chi connectivity index (χ3v) is 24.8. The van der Waals surface area contributed by atoms with Crippen molar-refractivity contribution in [1.82, 2.24) is 0 Å². The quantitative estimate of drug-likeness (QED) is 0.0187. The molecule has 111 heavy (non-hydrogen) atoms. The van der Waals surface area contributed by atoms with Crippen LogP contribution in [0.25, 0.3) is 0 Å². The summed E-state index contributed by atoms with van der Waals surface area (Å²) in [5.74, 6) is -1.10. The second-order valence-corrected chi connectivity index (χ2v) is 34.1. The summed E-state index contributed by atoms with van der Waals surface area (Å²) in [6.45, 7) is 32.2. The van der Waals surface area contributed by atoms with Crippen LogP contribution in [-0.2, 0) is 55.2 Å². The first-order chi connectivity index (χ1) is 47.0. The van der Waals surface area contributed by atoms with Crippen LogP contribution in [0.2, 0.25) is 0 Å². The number of aromatic hydroxyl groups is 1. The summed E-state index contributed by atoms with van der Waals surface area (Å²) in [6.07, 6.45) is 10.8. The fourth-order valence-electron chi connectivity index (χ4n) is 13.1. The second kappa shape index (κ2) is 51.9. The van der Waals surface area contributed by atoms with Crippen LogP contribution in [0.5, 0.6) is 5.75 Å². The Morgan fingerprint density at radius 2 is 0.838 bits per heavy atom. The molecule has 3 atom stereocenters. The summed E-state index contributed by atoms with van der Waals surface area (Å²) >= 11 is 0. The Bertz CT molecular complexity index is 3270. The largest absolute Gasteiger partial charge is 0.508 e. The van der Waals surface area contributed by atoms with Gasteiger partial charge in [-0.25, -0.2) is 8.78 Å². The van der Waals surface area contributed by atoms with Crippen LogP contribution in [0.4, 0.5) is 22.0 Å². The molecule has 0 aliphatic heterocycles. The number of esters is 3. The zero-order valence-corrected chi connectivity index (χ0v) is 65.0. The van der Waals surface area contributed by atoms with Crippen molar-refractivity contribution in [1.29, 1.82) is 0 Å². The van der Waals surface area contributed by atoms with E-state index >= 15 is 0 Å². The first kappa shape index (κ1) is 118. The number of alkyl halides is 5. The van der Waals surface area contributed by atoms with Crippen molar-refractivity contribution in [2.45, 2.75) is 350 Å². The molecule has 644 valence electrons. The maximum absolute atomic E-state index is 13.0. The van der Waals surface area contributed by atoms with Crippen LogP contribution in [0.15, 0.2) is 154 Å². The fourth-order valence-corrected chi connectivity index (χ4v) is 15.9. The molecule has 0 spiro atoms. The highest BCUT2D eigenvalue weighted by Crippen LogP contribution is 2.61. The highest BCUT2D eigenvalue weighted by Gasteiger charge is 2.59. The normalized spacial score (nSPS) is 18.6. The van der Waals surface area contributed by atoms with Crippen molar-refractivity contribution in [2.75, 3.05) is 12.4 Å². The third kappa shape index (κ3) is 34.6. The molecule has 5 aromatic carbocycles. The lowest BCUT2D eigenvalue weighted by Crippen LogP contribution is -2.60. The van der Waals surface area contributed by atoms with Crippen molar-refractivity contribution >= 4 is 38.9 Å². The molecule has 5 fully saturated rings. The van der Waals surface area contributed by atoms with Crippen molar-refractivity contribution < 1.29 is 73.7 Å². The maximum Gasteiger partial charge on any atom is 0.421 e. The molecular weight excluding hydrogens is 1450 g/mol. The molecule has 0 amide bonds. The van der Waals surface area contributed by atoms with Crippen LogP contribution in [0.1, 0.15) is 323 Å². The van der Waals surface area contributed by atoms with E-state index in [-0.39, 0.29) is 125 Å². The third-order valence-electron chi connectivity index (χ3n) is 21.8. The topological polar surface area (TPSA) is 174 Å². The average molecular weight is 1610 g/mol. The lowest BCUT2D eigenvalue weighted by atomic mass is 9.49. The number of halogens is 5. The molecule has 5 saturated carbocycles. The number of benzene rings is 5. The van der Waals surface area contributed by atoms with E-state index in [1.807, 2.05) is 60.6 Å². The summed E-state index contributed by atoms with van der Waals surface area (Å²) in [7, 11) is -4.77. The van der Waals surface area contributed by atoms with Gasteiger partial charge in [0, 0.05) is 6.42 Å². The van der Waals surface area contributed by atoms with Gasteiger partial charge in [0.1, 0.15) is 22.7 Å². The van der Waals surface area contributed by atoms with E-state index in [0.717, 1.165) is 69.3 Å². The number of ether oxygens (including phenoxy) is 3. The first-order valence-corrected chi connectivity index (χ1v) is 39.4. The van der Waals surface area contributed by atoms with E-state index in [0.29, 0.717) is 41.8 Å². The highest BCUT2D eigenvalue weighted by molar-refractivity contribution is 7.97. The van der Waals surface area contributed by atoms with Gasteiger partial charge < -0.3 is 24.4 Å². The number of hydrogen-bond donors (Lipinski definition) is 3. The Kier molecular flexibility index (Phi) is 55.4. The Morgan fingerprint density at radius 3 is 1.14 bits per heavy atom. The zero-order chi connectivity index (χ0) is 76.0. The molecule has 0 aromatic heterocycles. The molecule has 3 N–H and O–H groups in total. The molecular formula is C93H160F5O11S2+. The minimum atomic E-state index is -4.76. The number of rotatable bonds is 23. The number of hydrogen-bond acceptors (Lipinski definition) is 10. The number of phenols is 1. The van der Waals surface area contributed by atoms with Crippen LogP contribution >= 0.6 is 0 Å². The molecule has 11 nitrogen and oxygen atoms in total. The zero-order valence-electron chi connectivity index (χ0n) is 63.4. The molecule has 0 saturated heterocycles. The summed E-state index contributed by atoms with van der Waals surface area (Å²) in [5, 5.41) is 18.5. The highest BCUT2D eigenvalue weighted by atomic mass is 32.2. The number of aliphatic hydroxyl groups is 1. The summed E-state index contributed by atoms with van der Waals surface area (Å²) in [4.78, 5) is 40.3. The van der Waals surface area contributed by atoms with Gasteiger partial charge in [-0.1, -0.05) is 234 Å². The standard InChI is InChI=1S/C18H30O2.C18H15S.C14H26O2.C13H17F3O.C10H18F2O5S.C10H14O.10CH4/c1-5-17(3,4)16(19)20-18(6-2)14-8-12-7-13(10-14)11-15(18)9-12;1-4-10-16(11-5-1)19(17-12-6-2-7-13-17)18-14-8-3-9-15-18;1-6-13(4,5)12(15)16-14(11(2)3)9-7-8-10-14;1-4-9(2)10-5-7-11(8-6-10)12(3,17)13(14,15)16;1-4-9(2,3)8(13)17-6-5-10(11,12)7-18(14,15)16;1-3-8(2)9-4-6-10(11)7-5-9;;;;;;;;;;/h12-15H,5-11H2,1-4H3;1-15H;11H,6-10H2,1-5H3;5-9,17H,4H2,1-3H3;4-7H2,1-3H3,(H,14,15,16);4-8,11H,3H2,1-2H3;10*1H4/q;+1;;;;;;;;;;;;;;. The minimum Gasteiger partial charge on any atom is -0.508 e. The van der Waals surface area contributed by atoms with Crippen LogP contribution in [0.3, 0.4) is 0 Å². The molecule has 3 unspecified atom stereocenters. The SMILES string of the molecule is C.C.C.C.C.C.C.C.C.C.CCC(C)(C)C(=O)OC1(C(C)C)CCCC1.CCC(C)(C)C(=O)OC1(CC)C2CC3CC(C2)CC1C3.CCC(C)(C)C(=O)OCCC(F)(F)CS(=O)(=O)O.CCC(C)c1ccc(C(C)(O)C(F)(F)F)cc1.CCC(C)c1ccc(O)cc1.c1ccc([S+](c2ccccc2)c2ccccc2)cc1. The van der Waals surface area contributed by atoms with Gasteiger partial charge in [0.05, 0.1) is 33.7 Å². The van der Waals surface area contributed by atoms with Gasteiger partial charge >= 0.3 is 24.1 Å². The average Bonchev–Trinajstić information content (AvgIpc) is 1.13. The van der Waals surface area contributed by atoms with Crippen molar-refractivity contribution in [3.63, 3.8) is 0 Å². The molecule has 18 heteroatoms. The summed E-state index contributed by atoms with van der Waals surface area (Å²) in [5.41, 5.74) is -2.39. The minimum absolute atomic E-state index is 0. The number of phenolic OH excluding ortho intramolecular Hbond substituents is 1. The van der Waals surface area contributed by atoms with Crippen LogP contribution in [-0.4, -0.2) is 76.8 Å². The van der Waals surface area contributed by atoms with Gasteiger partial charge in [-0.3, -0.25) is 18.9 Å². The maximum atomic E-state index is 13.0. The van der Waals surface area contributed by atoms with Gasteiger partial charge in [0.15, 0.2) is 20.3 Å². The Labute approximate surface area is 679 Å². The van der Waals surface area contributed by atoms with E-state index in [9.17, 15) is 49.9 Å². The fraction of sp³-hybridized carbons (Fsp3) is 0.645. The Balaban J connectivity index is -0.000000231. The van der Waals surface area contributed by atoms with Crippen LogP contribution in [0, 0.1) is 45.8 Å². The number of carbonyl (C=O) groups is 3. The van der Waals surface area contributed by atoms with Gasteiger partial charge in [-0.15, -0.1) is 0 Å². The molecule has 5 aliphatic rings. The molecule has 0 heterocycles. The lowest BCUT2D eigenvalue weighted by molar-refractivity contribution is -0.258. The van der Waals surface area contributed by atoms with Crippen LogP contribution < -0.4 is 0 Å². The van der Waals surface area contributed by atoms with Crippen molar-refractivity contribution in [3.8, 4) is 5.75 Å². The summed E-state index contributed by atoms with van der Waals surface area (Å²) < 4.78 is 110. The molecule has 5 aromatic rings. The Morgan fingerprint density at radius 1 is 0.505 bits per heavy atom. The molecule has 0 radical (unpaired) electrons. The van der Waals surface area contributed by atoms with Crippen molar-refractivity contribution in [3.05, 3.63) is 156 Å². The van der Waals surface area contributed by atoms with E-state index in [2.05, 4.69) is 137 Å². The smallest absolute Gasteiger partial charge is 0.421 e. The summed E-state index contributed by atoms with van der Waals surface area (Å²) in [6, 6.07) is 45.6. The van der Waals surface area contributed by atoms with E-state index in [4.69, 9.17) is 19.1 Å². The lowest BCUT2D eigenvalue weighted by Gasteiger charge is -2.60. The molecule has 5 aliphatic carbocycles. The first-order valence-electron chi connectivity index (χ1n) is 36.6. The van der Waals surface area contributed by atoms with E-state index < -0.39 is 58.0 Å². The second-order valence-electron chi connectivity index (χ2n) is 30.6. The number of carbonyl (C=O) groups excluding carboxylic acids is 3.